The summed E-state index contributed by atoms with van der Waals surface area (Å²) in [6.07, 6.45) is -0.0104. The van der Waals surface area contributed by atoms with Gasteiger partial charge in [0.25, 0.3) is 0 Å². The number of nitro groups is 1. The number of ketones is 1. The molecule has 0 N–H and O–H groups in total. The molecule has 0 bridgehead atoms. The normalized spacial score (nSPS) is 12.7. The smallest absolute Gasteiger partial charge is 0.223 e. The molecule has 0 saturated heterocycles. The average molecular weight is 187 g/mol. The third-order valence-corrected chi connectivity index (χ3v) is 1.92. The standard InChI is InChI=1S/C9H17NO3/c1-8(2,3)7(11)6-9(4,5)10(12)13/h6H2,1-5H3. The molecule has 0 heterocycles. The van der Waals surface area contributed by atoms with Crippen LogP contribution in [0.25, 0.3) is 0 Å². The predicted octanol–water partition coefficient (Wildman–Crippen LogP) is 2.05. The van der Waals surface area contributed by atoms with E-state index < -0.39 is 15.9 Å². The van der Waals surface area contributed by atoms with Gasteiger partial charge in [-0.1, -0.05) is 20.8 Å². The molecule has 0 aliphatic rings. The van der Waals surface area contributed by atoms with Crippen LogP contribution in [0.1, 0.15) is 41.0 Å². The van der Waals surface area contributed by atoms with E-state index in [0.717, 1.165) is 0 Å². The number of nitrogens with zero attached hydrogens (tertiary/aromatic N) is 1. The van der Waals surface area contributed by atoms with E-state index in [9.17, 15) is 14.9 Å². The van der Waals surface area contributed by atoms with E-state index in [1.54, 1.807) is 20.8 Å². The minimum atomic E-state index is -1.15. The average Bonchev–Trinajstić information content (AvgIpc) is 1.83. The van der Waals surface area contributed by atoms with Gasteiger partial charge in [-0.15, -0.1) is 0 Å². The molecule has 0 unspecified atom stereocenters. The van der Waals surface area contributed by atoms with Crippen molar-refractivity contribution >= 4 is 5.78 Å². The summed E-state index contributed by atoms with van der Waals surface area (Å²) in [7, 11) is 0. The van der Waals surface area contributed by atoms with Crippen molar-refractivity contribution in [3.8, 4) is 0 Å². The summed E-state index contributed by atoms with van der Waals surface area (Å²) in [5.74, 6) is -0.0748. The Bertz CT molecular complexity index is 226. The van der Waals surface area contributed by atoms with Crippen molar-refractivity contribution in [3.05, 3.63) is 10.1 Å². The molecule has 0 aromatic rings. The van der Waals surface area contributed by atoms with Crippen molar-refractivity contribution in [2.75, 3.05) is 0 Å². The molecule has 0 aliphatic carbocycles. The number of hydrogen-bond donors (Lipinski definition) is 0. The zero-order valence-electron chi connectivity index (χ0n) is 8.88. The highest BCUT2D eigenvalue weighted by Crippen LogP contribution is 2.23. The van der Waals surface area contributed by atoms with Crippen molar-refractivity contribution in [2.45, 2.75) is 46.6 Å². The topological polar surface area (TPSA) is 60.2 Å². The van der Waals surface area contributed by atoms with Crippen LogP contribution < -0.4 is 0 Å². The molecule has 76 valence electrons. The lowest BCUT2D eigenvalue weighted by molar-refractivity contribution is -0.559. The van der Waals surface area contributed by atoms with E-state index in [-0.39, 0.29) is 12.2 Å². The second-order valence-electron chi connectivity index (χ2n) is 4.92. The molecule has 0 amide bonds. The molecule has 4 heteroatoms. The van der Waals surface area contributed by atoms with Crippen LogP contribution in [0.3, 0.4) is 0 Å². The van der Waals surface area contributed by atoms with Gasteiger partial charge in [0.1, 0.15) is 5.78 Å². The molecule has 0 spiro atoms. The lowest BCUT2D eigenvalue weighted by Crippen LogP contribution is -2.37. The quantitative estimate of drug-likeness (QED) is 0.501. The maximum Gasteiger partial charge on any atom is 0.223 e. The van der Waals surface area contributed by atoms with E-state index in [2.05, 4.69) is 0 Å². The Labute approximate surface area is 78.5 Å². The predicted molar refractivity (Wildman–Crippen MR) is 50.2 cm³/mol. The van der Waals surface area contributed by atoms with Crippen LogP contribution >= 0.6 is 0 Å². The minimum absolute atomic E-state index is 0.0104. The van der Waals surface area contributed by atoms with Crippen LogP contribution in [0.5, 0.6) is 0 Å². The molecular formula is C9H17NO3. The van der Waals surface area contributed by atoms with E-state index >= 15 is 0 Å². The molecular weight excluding hydrogens is 170 g/mol. The Morgan fingerprint density at radius 1 is 1.23 bits per heavy atom. The fourth-order valence-electron chi connectivity index (χ4n) is 0.723. The summed E-state index contributed by atoms with van der Waals surface area (Å²) in [5, 5.41) is 10.5. The van der Waals surface area contributed by atoms with Gasteiger partial charge in [0.05, 0.1) is 6.42 Å². The number of carbonyl (C=O) groups is 1. The SMILES string of the molecule is CC(C)(C)C(=O)CC(C)(C)[N+](=O)[O-]. The highest BCUT2D eigenvalue weighted by molar-refractivity contribution is 5.84. The van der Waals surface area contributed by atoms with E-state index in [4.69, 9.17) is 0 Å². The van der Waals surface area contributed by atoms with Gasteiger partial charge < -0.3 is 0 Å². The second-order valence-corrected chi connectivity index (χ2v) is 4.92. The Morgan fingerprint density at radius 2 is 1.62 bits per heavy atom. The number of hydrogen-bond acceptors (Lipinski definition) is 3. The molecule has 0 atom stereocenters. The molecule has 4 nitrogen and oxygen atoms in total. The van der Waals surface area contributed by atoms with Crippen LogP contribution in [-0.4, -0.2) is 16.2 Å². The van der Waals surface area contributed by atoms with E-state index in [0.29, 0.717) is 0 Å². The first-order chi connectivity index (χ1) is 5.57. The van der Waals surface area contributed by atoms with Crippen LogP contribution in [-0.2, 0) is 4.79 Å². The first-order valence-electron chi connectivity index (χ1n) is 4.25. The van der Waals surface area contributed by atoms with E-state index in [1.807, 2.05) is 0 Å². The third-order valence-electron chi connectivity index (χ3n) is 1.92. The maximum absolute atomic E-state index is 11.5. The zero-order valence-corrected chi connectivity index (χ0v) is 8.88. The van der Waals surface area contributed by atoms with Crippen LogP contribution in [0.15, 0.2) is 0 Å². The Morgan fingerprint density at radius 3 is 1.85 bits per heavy atom. The van der Waals surface area contributed by atoms with Gasteiger partial charge in [-0.05, 0) is 0 Å². The molecule has 0 saturated carbocycles. The van der Waals surface area contributed by atoms with Crippen molar-refractivity contribution < 1.29 is 9.72 Å². The second kappa shape index (κ2) is 3.44. The number of carbonyl (C=O) groups excluding carboxylic acids is 1. The molecule has 0 aliphatic heterocycles. The lowest BCUT2D eigenvalue weighted by atomic mass is 9.83. The van der Waals surface area contributed by atoms with Gasteiger partial charge in [0.15, 0.2) is 0 Å². The minimum Gasteiger partial charge on any atom is -0.299 e. The van der Waals surface area contributed by atoms with Crippen molar-refractivity contribution in [1.82, 2.24) is 0 Å². The monoisotopic (exact) mass is 187 g/mol. The van der Waals surface area contributed by atoms with Crippen molar-refractivity contribution in [1.29, 1.82) is 0 Å². The summed E-state index contributed by atoms with van der Waals surface area (Å²) in [6.45, 7) is 8.25. The molecule has 0 aromatic heterocycles. The largest absolute Gasteiger partial charge is 0.299 e. The first kappa shape index (κ1) is 12.1. The molecule has 0 rings (SSSR count). The van der Waals surface area contributed by atoms with Crippen LogP contribution in [0.4, 0.5) is 0 Å². The molecule has 13 heavy (non-hydrogen) atoms. The maximum atomic E-state index is 11.5. The van der Waals surface area contributed by atoms with Crippen LogP contribution in [0, 0.1) is 15.5 Å². The summed E-state index contributed by atoms with van der Waals surface area (Å²) in [4.78, 5) is 21.6. The lowest BCUT2D eigenvalue weighted by Gasteiger charge is -2.21. The van der Waals surface area contributed by atoms with Crippen molar-refractivity contribution in [2.24, 2.45) is 5.41 Å². The van der Waals surface area contributed by atoms with Gasteiger partial charge in [-0.2, -0.15) is 0 Å². The van der Waals surface area contributed by atoms with Gasteiger partial charge in [0.2, 0.25) is 5.54 Å². The van der Waals surface area contributed by atoms with Gasteiger partial charge in [-0.25, -0.2) is 0 Å². The van der Waals surface area contributed by atoms with Crippen LogP contribution in [0.2, 0.25) is 0 Å². The highest BCUT2D eigenvalue weighted by Gasteiger charge is 2.37. The van der Waals surface area contributed by atoms with Gasteiger partial charge in [-0.3, -0.25) is 14.9 Å². The fraction of sp³-hybridized carbons (Fsp3) is 0.889. The summed E-state index contributed by atoms with van der Waals surface area (Å²) in [5.41, 5.74) is -1.64. The Balaban J connectivity index is 4.47. The fourth-order valence-corrected chi connectivity index (χ4v) is 0.723. The number of Topliss-reactive ketones (excluding diaryl/α,β-unsaturated/α-hetero) is 1. The van der Waals surface area contributed by atoms with Gasteiger partial charge >= 0.3 is 0 Å². The zero-order chi connectivity index (χ0) is 10.9. The highest BCUT2D eigenvalue weighted by atomic mass is 16.6. The first-order valence-corrected chi connectivity index (χ1v) is 4.25. The summed E-state index contributed by atoms with van der Waals surface area (Å²) < 4.78 is 0. The van der Waals surface area contributed by atoms with Gasteiger partial charge in [0, 0.05) is 24.2 Å². The Hall–Kier alpha value is -0.930. The molecule has 0 aromatic carbocycles. The molecule has 0 fully saturated rings. The van der Waals surface area contributed by atoms with Crippen molar-refractivity contribution in [3.63, 3.8) is 0 Å². The molecule has 0 radical (unpaired) electrons. The number of rotatable bonds is 3. The summed E-state index contributed by atoms with van der Waals surface area (Å²) >= 11 is 0. The van der Waals surface area contributed by atoms with E-state index in [1.165, 1.54) is 13.8 Å². The Kier molecular flexibility index (Phi) is 3.19. The summed E-state index contributed by atoms with van der Waals surface area (Å²) in [6, 6.07) is 0. The third kappa shape index (κ3) is 3.53.